The van der Waals surface area contributed by atoms with E-state index >= 15 is 0 Å². The van der Waals surface area contributed by atoms with E-state index in [1.165, 1.54) is 11.8 Å². The summed E-state index contributed by atoms with van der Waals surface area (Å²) in [4.78, 5) is 0. The maximum Gasteiger partial charge on any atom is 0.0776 e. The van der Waals surface area contributed by atoms with Gasteiger partial charge in [-0.1, -0.05) is 29.8 Å². The fourth-order valence-electron chi connectivity index (χ4n) is 2.38. The van der Waals surface area contributed by atoms with Gasteiger partial charge >= 0.3 is 0 Å². The van der Waals surface area contributed by atoms with Gasteiger partial charge in [0.25, 0.3) is 0 Å². The smallest absolute Gasteiger partial charge is 0.0776 e. The highest BCUT2D eigenvalue weighted by Crippen LogP contribution is 2.49. The van der Waals surface area contributed by atoms with Crippen LogP contribution in [0.1, 0.15) is 44.3 Å². The van der Waals surface area contributed by atoms with E-state index < -0.39 is 6.10 Å². The zero-order valence-corrected chi connectivity index (χ0v) is 10.5. The minimum Gasteiger partial charge on any atom is -0.389 e. The molecule has 1 N–H and O–H groups in total. The molecule has 0 aromatic heterocycles. The number of benzene rings is 1. The number of rotatable bonds is 1. The number of hydrogen-bond acceptors (Lipinski definition) is 1. The molecular formula is C14H19ClO. The van der Waals surface area contributed by atoms with Crippen LogP contribution in [0.5, 0.6) is 0 Å². The van der Waals surface area contributed by atoms with Crippen LogP contribution < -0.4 is 0 Å². The van der Waals surface area contributed by atoms with Gasteiger partial charge in [-0.15, -0.1) is 0 Å². The molecule has 2 fully saturated rings. The Balaban J connectivity index is 0.000000134. The van der Waals surface area contributed by atoms with E-state index in [2.05, 4.69) is 0 Å². The summed E-state index contributed by atoms with van der Waals surface area (Å²) in [5, 5.41) is 9.74. The Labute approximate surface area is 102 Å². The zero-order chi connectivity index (χ0) is 11.5. The average Bonchev–Trinajstić information content (AvgIpc) is 2.24. The second-order valence-electron chi connectivity index (χ2n) is 4.87. The van der Waals surface area contributed by atoms with Gasteiger partial charge in [0, 0.05) is 5.02 Å². The Morgan fingerprint density at radius 3 is 1.88 bits per heavy atom. The standard InChI is InChI=1S/C8H9ClO.C6H10/c1-6(10)7-4-2-3-5-8(7)9;1-2-6-4-3-5(1)6/h2-6,10H,1H3;5-6H,1-4H2. The van der Waals surface area contributed by atoms with E-state index in [1.54, 1.807) is 38.7 Å². The Hall–Kier alpha value is -0.530. The van der Waals surface area contributed by atoms with Crippen LogP contribution in [0, 0.1) is 11.8 Å². The lowest BCUT2D eigenvalue weighted by atomic mass is 9.60. The van der Waals surface area contributed by atoms with Gasteiger partial charge < -0.3 is 5.11 Å². The maximum atomic E-state index is 9.12. The molecule has 3 rings (SSSR count). The molecule has 0 bridgehead atoms. The minimum absolute atomic E-state index is 0.478. The first kappa shape index (κ1) is 11.9. The summed E-state index contributed by atoms with van der Waals surface area (Å²) >= 11 is 5.76. The lowest BCUT2D eigenvalue weighted by Crippen LogP contribution is -2.34. The van der Waals surface area contributed by atoms with Gasteiger partial charge in [-0.25, -0.2) is 0 Å². The number of aliphatic hydroxyl groups is 1. The Kier molecular flexibility index (Phi) is 3.88. The highest BCUT2D eigenvalue weighted by atomic mass is 35.5. The maximum absolute atomic E-state index is 9.12. The molecule has 0 heterocycles. The predicted molar refractivity (Wildman–Crippen MR) is 67.5 cm³/mol. The number of hydrogen-bond donors (Lipinski definition) is 1. The first-order chi connectivity index (χ1) is 7.68. The molecule has 0 saturated heterocycles. The average molecular weight is 239 g/mol. The molecule has 0 amide bonds. The van der Waals surface area contributed by atoms with Crippen molar-refractivity contribution in [1.82, 2.24) is 0 Å². The molecule has 0 aliphatic heterocycles. The van der Waals surface area contributed by atoms with Gasteiger partial charge in [0.1, 0.15) is 0 Å². The van der Waals surface area contributed by atoms with Crippen molar-refractivity contribution in [3.8, 4) is 0 Å². The Morgan fingerprint density at radius 2 is 1.62 bits per heavy atom. The molecular weight excluding hydrogens is 220 g/mol. The molecule has 2 saturated carbocycles. The van der Waals surface area contributed by atoms with E-state index in [-0.39, 0.29) is 0 Å². The molecule has 1 unspecified atom stereocenters. The highest BCUT2D eigenvalue weighted by Gasteiger charge is 2.37. The fourth-order valence-corrected chi connectivity index (χ4v) is 2.67. The molecule has 1 atom stereocenters. The summed E-state index contributed by atoms with van der Waals surface area (Å²) in [6.45, 7) is 1.70. The molecule has 88 valence electrons. The van der Waals surface area contributed by atoms with E-state index in [0.717, 1.165) is 5.56 Å². The van der Waals surface area contributed by atoms with Crippen LogP contribution in [0.3, 0.4) is 0 Å². The van der Waals surface area contributed by atoms with Gasteiger partial charge in [0.15, 0.2) is 0 Å². The van der Waals surface area contributed by atoms with Crippen LogP contribution in [0.2, 0.25) is 5.02 Å². The van der Waals surface area contributed by atoms with Crippen molar-refractivity contribution in [1.29, 1.82) is 0 Å². The molecule has 1 aromatic carbocycles. The van der Waals surface area contributed by atoms with Crippen molar-refractivity contribution in [2.75, 3.05) is 0 Å². The fraction of sp³-hybridized carbons (Fsp3) is 0.571. The first-order valence-electron chi connectivity index (χ1n) is 6.11. The van der Waals surface area contributed by atoms with Crippen LogP contribution in [-0.2, 0) is 0 Å². The van der Waals surface area contributed by atoms with E-state index in [1.807, 2.05) is 18.2 Å². The molecule has 2 aliphatic rings. The molecule has 1 aromatic rings. The van der Waals surface area contributed by atoms with Gasteiger partial charge in [0.2, 0.25) is 0 Å². The Morgan fingerprint density at radius 1 is 1.12 bits per heavy atom. The van der Waals surface area contributed by atoms with Crippen LogP contribution >= 0.6 is 11.6 Å². The summed E-state index contributed by atoms with van der Waals surface area (Å²) in [6.07, 6.45) is 5.76. The number of aliphatic hydroxyl groups excluding tert-OH is 1. The second kappa shape index (κ2) is 5.20. The van der Waals surface area contributed by atoms with Gasteiger partial charge in [-0.05, 0) is 56.1 Å². The van der Waals surface area contributed by atoms with Crippen molar-refractivity contribution < 1.29 is 5.11 Å². The zero-order valence-electron chi connectivity index (χ0n) is 9.70. The topological polar surface area (TPSA) is 20.2 Å². The van der Waals surface area contributed by atoms with Crippen LogP contribution in [-0.4, -0.2) is 5.11 Å². The third-order valence-corrected chi connectivity index (χ3v) is 4.18. The van der Waals surface area contributed by atoms with Crippen LogP contribution in [0.25, 0.3) is 0 Å². The lowest BCUT2D eigenvalue weighted by Gasteiger charge is -2.46. The first-order valence-corrected chi connectivity index (χ1v) is 6.48. The van der Waals surface area contributed by atoms with Crippen molar-refractivity contribution in [2.24, 2.45) is 11.8 Å². The number of fused-ring (bicyclic) bond motifs is 1. The third-order valence-electron chi connectivity index (χ3n) is 3.84. The van der Waals surface area contributed by atoms with Crippen molar-refractivity contribution in [3.63, 3.8) is 0 Å². The predicted octanol–water partition coefficient (Wildman–Crippen LogP) is 4.20. The minimum atomic E-state index is -0.478. The quantitative estimate of drug-likeness (QED) is 0.778. The summed E-state index contributed by atoms with van der Waals surface area (Å²) in [7, 11) is 0. The largest absolute Gasteiger partial charge is 0.389 e. The molecule has 16 heavy (non-hydrogen) atoms. The molecule has 2 heteroatoms. The summed E-state index contributed by atoms with van der Waals surface area (Å²) < 4.78 is 0. The highest BCUT2D eigenvalue weighted by molar-refractivity contribution is 6.31. The summed E-state index contributed by atoms with van der Waals surface area (Å²) in [5.41, 5.74) is 0.782. The monoisotopic (exact) mass is 238 g/mol. The van der Waals surface area contributed by atoms with Crippen LogP contribution in [0.15, 0.2) is 24.3 Å². The van der Waals surface area contributed by atoms with E-state index in [0.29, 0.717) is 5.02 Å². The van der Waals surface area contributed by atoms with E-state index in [9.17, 15) is 0 Å². The lowest BCUT2D eigenvalue weighted by molar-refractivity contribution is 0.0548. The SMILES string of the molecule is C1CC2CCC12.CC(O)c1ccccc1Cl. The van der Waals surface area contributed by atoms with Gasteiger partial charge in [0.05, 0.1) is 6.10 Å². The third kappa shape index (κ3) is 2.58. The van der Waals surface area contributed by atoms with Gasteiger partial charge in [-0.3, -0.25) is 0 Å². The second-order valence-corrected chi connectivity index (χ2v) is 5.28. The van der Waals surface area contributed by atoms with Crippen molar-refractivity contribution in [3.05, 3.63) is 34.9 Å². The Bertz CT molecular complexity index is 330. The van der Waals surface area contributed by atoms with E-state index in [4.69, 9.17) is 16.7 Å². The molecule has 0 spiro atoms. The van der Waals surface area contributed by atoms with Crippen molar-refractivity contribution >= 4 is 11.6 Å². The van der Waals surface area contributed by atoms with Crippen molar-refractivity contribution in [2.45, 2.75) is 38.7 Å². The molecule has 0 radical (unpaired) electrons. The molecule has 1 nitrogen and oxygen atoms in total. The van der Waals surface area contributed by atoms with Gasteiger partial charge in [-0.2, -0.15) is 0 Å². The number of halogens is 1. The molecule has 2 aliphatic carbocycles. The van der Waals surface area contributed by atoms with Crippen LogP contribution in [0.4, 0.5) is 0 Å². The normalized spacial score (nSPS) is 27.7. The summed E-state index contributed by atoms with van der Waals surface area (Å²) in [5.74, 6) is 2.43. The summed E-state index contributed by atoms with van der Waals surface area (Å²) in [6, 6.07) is 7.28.